The monoisotopic (exact) mass is 297 g/mol. The Labute approximate surface area is 126 Å². The molecule has 0 aliphatic carbocycles. The van der Waals surface area contributed by atoms with Gasteiger partial charge in [0.1, 0.15) is 0 Å². The minimum Gasteiger partial charge on any atom is -0.376 e. The number of hydrogen-bond acceptors (Lipinski definition) is 4. The van der Waals surface area contributed by atoms with Gasteiger partial charge < -0.3 is 14.8 Å². The van der Waals surface area contributed by atoms with E-state index >= 15 is 0 Å². The van der Waals surface area contributed by atoms with E-state index in [1.54, 1.807) is 0 Å². The maximum absolute atomic E-state index is 5.78. The molecule has 0 radical (unpaired) electrons. The lowest BCUT2D eigenvalue weighted by molar-refractivity contribution is -0.0443. The van der Waals surface area contributed by atoms with E-state index < -0.39 is 0 Å². The SMILES string of the molecule is CC(C)CNCc1ccc(COCC2CCCCO2)s1. The molecule has 1 aromatic rings. The summed E-state index contributed by atoms with van der Waals surface area (Å²) < 4.78 is 11.4. The molecule has 4 heteroatoms. The van der Waals surface area contributed by atoms with Crippen LogP contribution < -0.4 is 5.32 Å². The number of hydrogen-bond donors (Lipinski definition) is 1. The molecule has 1 N–H and O–H groups in total. The fourth-order valence-corrected chi connectivity index (χ4v) is 3.23. The highest BCUT2D eigenvalue weighted by atomic mass is 32.1. The summed E-state index contributed by atoms with van der Waals surface area (Å²) in [4.78, 5) is 2.69. The van der Waals surface area contributed by atoms with Gasteiger partial charge in [0, 0.05) is 22.9 Å². The Morgan fingerprint density at radius 3 is 2.95 bits per heavy atom. The van der Waals surface area contributed by atoms with Gasteiger partial charge in [-0.05, 0) is 43.9 Å². The van der Waals surface area contributed by atoms with Crippen LogP contribution >= 0.6 is 11.3 Å². The van der Waals surface area contributed by atoms with E-state index in [4.69, 9.17) is 9.47 Å². The van der Waals surface area contributed by atoms with Crippen molar-refractivity contribution in [2.24, 2.45) is 5.92 Å². The molecule has 1 aromatic heterocycles. The third-order valence-corrected chi connectivity index (χ3v) is 4.45. The molecule has 0 amide bonds. The summed E-state index contributed by atoms with van der Waals surface area (Å²) in [6.45, 7) is 8.85. The van der Waals surface area contributed by atoms with E-state index in [-0.39, 0.29) is 0 Å². The lowest BCUT2D eigenvalue weighted by Gasteiger charge is -2.22. The first-order valence-electron chi connectivity index (χ1n) is 7.71. The summed E-state index contributed by atoms with van der Waals surface area (Å²) in [7, 11) is 0. The van der Waals surface area contributed by atoms with Crippen molar-refractivity contribution in [2.45, 2.75) is 52.4 Å². The highest BCUT2D eigenvalue weighted by molar-refractivity contribution is 7.11. The Kier molecular flexibility index (Phi) is 7.00. The Morgan fingerprint density at radius 2 is 2.20 bits per heavy atom. The fraction of sp³-hybridized carbons (Fsp3) is 0.750. The minimum absolute atomic E-state index is 0.316. The van der Waals surface area contributed by atoms with Gasteiger partial charge >= 0.3 is 0 Å². The van der Waals surface area contributed by atoms with Crippen LogP contribution in [-0.2, 0) is 22.6 Å². The van der Waals surface area contributed by atoms with Gasteiger partial charge in [0.05, 0.1) is 19.3 Å². The summed E-state index contributed by atoms with van der Waals surface area (Å²) in [5, 5.41) is 3.47. The first-order valence-corrected chi connectivity index (χ1v) is 8.53. The van der Waals surface area contributed by atoms with Crippen molar-refractivity contribution in [3.8, 4) is 0 Å². The van der Waals surface area contributed by atoms with Crippen LogP contribution in [0.4, 0.5) is 0 Å². The molecule has 1 aliphatic heterocycles. The average Bonchev–Trinajstić information content (AvgIpc) is 2.87. The average molecular weight is 297 g/mol. The maximum Gasteiger partial charge on any atom is 0.0810 e. The van der Waals surface area contributed by atoms with E-state index in [2.05, 4.69) is 31.3 Å². The normalized spacial score (nSPS) is 19.6. The quantitative estimate of drug-likeness (QED) is 0.795. The van der Waals surface area contributed by atoms with Crippen molar-refractivity contribution in [3.63, 3.8) is 0 Å². The van der Waals surface area contributed by atoms with Gasteiger partial charge in [-0.2, -0.15) is 0 Å². The van der Waals surface area contributed by atoms with Crippen LogP contribution in [0.25, 0.3) is 0 Å². The third kappa shape index (κ3) is 5.92. The van der Waals surface area contributed by atoms with Crippen LogP contribution in [0.2, 0.25) is 0 Å². The van der Waals surface area contributed by atoms with E-state index in [9.17, 15) is 0 Å². The van der Waals surface area contributed by atoms with Gasteiger partial charge in [-0.25, -0.2) is 0 Å². The molecule has 1 unspecified atom stereocenters. The summed E-state index contributed by atoms with van der Waals surface area (Å²) in [6, 6.07) is 4.38. The van der Waals surface area contributed by atoms with E-state index in [1.807, 2.05) is 11.3 Å². The van der Waals surface area contributed by atoms with Gasteiger partial charge in [0.15, 0.2) is 0 Å². The van der Waals surface area contributed by atoms with E-state index in [0.29, 0.717) is 18.6 Å². The zero-order valence-electron chi connectivity index (χ0n) is 12.7. The highest BCUT2D eigenvalue weighted by Crippen LogP contribution is 2.18. The predicted octanol–water partition coefficient (Wildman–Crippen LogP) is 3.58. The topological polar surface area (TPSA) is 30.5 Å². The Hall–Kier alpha value is -0.420. The van der Waals surface area contributed by atoms with Crippen LogP contribution in [0, 0.1) is 5.92 Å². The number of rotatable bonds is 8. The van der Waals surface area contributed by atoms with Crippen LogP contribution in [0.3, 0.4) is 0 Å². The molecule has 1 aliphatic rings. The largest absolute Gasteiger partial charge is 0.376 e. The first-order chi connectivity index (χ1) is 9.74. The second-order valence-corrected chi connectivity index (χ2v) is 7.15. The zero-order chi connectivity index (χ0) is 14.2. The van der Waals surface area contributed by atoms with Crippen LogP contribution in [0.1, 0.15) is 42.9 Å². The van der Waals surface area contributed by atoms with Crippen LogP contribution in [0.5, 0.6) is 0 Å². The molecule has 1 saturated heterocycles. The number of nitrogens with one attached hydrogen (secondary N) is 1. The zero-order valence-corrected chi connectivity index (χ0v) is 13.5. The highest BCUT2D eigenvalue weighted by Gasteiger charge is 2.13. The van der Waals surface area contributed by atoms with Gasteiger partial charge in [0.25, 0.3) is 0 Å². The van der Waals surface area contributed by atoms with E-state index in [0.717, 1.165) is 32.7 Å². The molecule has 2 rings (SSSR count). The minimum atomic E-state index is 0.316. The maximum atomic E-state index is 5.78. The summed E-state index contributed by atoms with van der Waals surface area (Å²) >= 11 is 1.84. The van der Waals surface area contributed by atoms with Gasteiger partial charge in [0.2, 0.25) is 0 Å². The molecule has 2 heterocycles. The van der Waals surface area contributed by atoms with Crippen LogP contribution in [-0.4, -0.2) is 25.9 Å². The second kappa shape index (κ2) is 8.78. The molecule has 20 heavy (non-hydrogen) atoms. The molecule has 1 fully saturated rings. The molecule has 0 aromatic carbocycles. The molecule has 114 valence electrons. The van der Waals surface area contributed by atoms with Crippen molar-refractivity contribution in [2.75, 3.05) is 19.8 Å². The predicted molar refractivity (Wildman–Crippen MR) is 84.1 cm³/mol. The molecule has 0 saturated carbocycles. The van der Waals surface area contributed by atoms with E-state index in [1.165, 1.54) is 22.6 Å². The Balaban J connectivity index is 1.62. The van der Waals surface area contributed by atoms with Crippen molar-refractivity contribution in [3.05, 3.63) is 21.9 Å². The van der Waals surface area contributed by atoms with Crippen molar-refractivity contribution < 1.29 is 9.47 Å². The van der Waals surface area contributed by atoms with Crippen LogP contribution in [0.15, 0.2) is 12.1 Å². The van der Waals surface area contributed by atoms with Gasteiger partial charge in [-0.3, -0.25) is 0 Å². The molecular weight excluding hydrogens is 270 g/mol. The lowest BCUT2D eigenvalue weighted by atomic mass is 10.1. The molecular formula is C16H27NO2S. The van der Waals surface area contributed by atoms with Gasteiger partial charge in [-0.15, -0.1) is 11.3 Å². The smallest absolute Gasteiger partial charge is 0.0810 e. The summed E-state index contributed by atoms with van der Waals surface area (Å²) in [5.74, 6) is 0.702. The first kappa shape index (κ1) is 16.0. The molecule has 1 atom stereocenters. The lowest BCUT2D eigenvalue weighted by Crippen LogP contribution is -2.24. The number of ether oxygens (including phenoxy) is 2. The van der Waals surface area contributed by atoms with Crippen molar-refractivity contribution >= 4 is 11.3 Å². The standard InChI is InChI=1S/C16H27NO2S/c1-13(2)9-17-10-15-6-7-16(20-15)12-18-11-14-5-3-4-8-19-14/h6-7,13-14,17H,3-5,8-12H2,1-2H3. The Morgan fingerprint density at radius 1 is 1.35 bits per heavy atom. The second-order valence-electron chi connectivity index (χ2n) is 5.90. The fourth-order valence-electron chi connectivity index (χ4n) is 2.31. The molecule has 0 spiro atoms. The Bertz CT molecular complexity index is 372. The van der Waals surface area contributed by atoms with Crippen molar-refractivity contribution in [1.82, 2.24) is 5.32 Å². The summed E-state index contributed by atoms with van der Waals surface area (Å²) in [6.07, 6.45) is 3.94. The van der Waals surface area contributed by atoms with Crippen molar-refractivity contribution in [1.29, 1.82) is 0 Å². The third-order valence-electron chi connectivity index (χ3n) is 3.39. The molecule has 0 bridgehead atoms. The molecule has 3 nitrogen and oxygen atoms in total. The number of thiophene rings is 1. The van der Waals surface area contributed by atoms with Gasteiger partial charge in [-0.1, -0.05) is 13.8 Å². The summed E-state index contributed by atoms with van der Waals surface area (Å²) in [5.41, 5.74) is 0.